The maximum absolute atomic E-state index is 13.1. The summed E-state index contributed by atoms with van der Waals surface area (Å²) < 4.78 is 5.93. The van der Waals surface area contributed by atoms with Crippen LogP contribution in [0.1, 0.15) is 40.0 Å². The molecule has 0 saturated carbocycles. The molecule has 3 aromatic carbocycles. The molecule has 1 heterocycles. The first-order valence-electron chi connectivity index (χ1n) is 10.0. The third-order valence-corrected chi connectivity index (χ3v) is 5.09. The molecule has 0 radical (unpaired) electrons. The second kappa shape index (κ2) is 8.78. The van der Waals surface area contributed by atoms with Gasteiger partial charge in [-0.15, -0.1) is 0 Å². The van der Waals surface area contributed by atoms with Crippen molar-refractivity contribution < 1.29 is 9.53 Å². The minimum absolute atomic E-state index is 0.109. The molecule has 1 aromatic heterocycles. The fourth-order valence-corrected chi connectivity index (χ4v) is 3.35. The number of pyridine rings is 1. The third-order valence-electron chi connectivity index (χ3n) is 5.09. The summed E-state index contributed by atoms with van der Waals surface area (Å²) in [4.78, 5) is 17.7. The van der Waals surface area contributed by atoms with Gasteiger partial charge >= 0.3 is 0 Å². The maximum Gasteiger partial charge on any atom is 0.252 e. The van der Waals surface area contributed by atoms with Crippen LogP contribution in [0, 0.1) is 6.92 Å². The van der Waals surface area contributed by atoms with Crippen molar-refractivity contribution in [2.24, 2.45) is 0 Å². The van der Waals surface area contributed by atoms with Gasteiger partial charge in [-0.05, 0) is 31.0 Å². The highest BCUT2D eigenvalue weighted by Crippen LogP contribution is 2.24. The summed E-state index contributed by atoms with van der Waals surface area (Å²) in [5.41, 5.74) is 4.60. The highest BCUT2D eigenvalue weighted by molar-refractivity contribution is 6.06. The average Bonchev–Trinajstić information content (AvgIpc) is 2.78. The van der Waals surface area contributed by atoms with E-state index in [4.69, 9.17) is 4.74 Å². The van der Waals surface area contributed by atoms with Crippen molar-refractivity contribution in [3.05, 3.63) is 107 Å². The highest BCUT2D eigenvalue weighted by atomic mass is 16.5. The number of rotatable bonds is 6. The number of nitrogens with zero attached hydrogens (tertiary/aromatic N) is 1. The van der Waals surface area contributed by atoms with Crippen LogP contribution < -0.4 is 10.1 Å². The summed E-state index contributed by atoms with van der Waals surface area (Å²) in [6.45, 7) is 4.43. The molecule has 4 heteroatoms. The van der Waals surface area contributed by atoms with E-state index in [1.54, 1.807) is 6.07 Å². The number of carbonyl (C=O) groups is 1. The third kappa shape index (κ3) is 4.49. The SMILES string of the molecule is Cc1ccc(COc2cc(C(=O)N[C@@H](C)c3ccccc3)c3ccccc3n2)cc1. The average molecular weight is 396 g/mol. The summed E-state index contributed by atoms with van der Waals surface area (Å²) in [6.07, 6.45) is 0. The van der Waals surface area contributed by atoms with E-state index in [0.29, 0.717) is 18.1 Å². The summed E-state index contributed by atoms with van der Waals surface area (Å²) >= 11 is 0. The summed E-state index contributed by atoms with van der Waals surface area (Å²) in [5.74, 6) is 0.289. The molecule has 4 rings (SSSR count). The zero-order valence-corrected chi connectivity index (χ0v) is 17.1. The fraction of sp³-hybridized carbons (Fsp3) is 0.154. The first kappa shape index (κ1) is 19.6. The van der Waals surface area contributed by atoms with Crippen molar-refractivity contribution in [1.82, 2.24) is 10.3 Å². The lowest BCUT2D eigenvalue weighted by atomic mass is 10.1. The normalized spacial score (nSPS) is 11.8. The van der Waals surface area contributed by atoms with Crippen LogP contribution >= 0.6 is 0 Å². The number of hydrogen-bond donors (Lipinski definition) is 1. The van der Waals surface area contributed by atoms with Crippen LogP contribution in [0.3, 0.4) is 0 Å². The monoisotopic (exact) mass is 396 g/mol. The second-order valence-electron chi connectivity index (χ2n) is 7.41. The number of amides is 1. The van der Waals surface area contributed by atoms with E-state index < -0.39 is 0 Å². The molecule has 4 nitrogen and oxygen atoms in total. The molecule has 0 aliphatic heterocycles. The van der Waals surface area contributed by atoms with Crippen molar-refractivity contribution >= 4 is 16.8 Å². The molecular formula is C26H24N2O2. The molecule has 1 N–H and O–H groups in total. The van der Waals surface area contributed by atoms with Gasteiger partial charge in [-0.2, -0.15) is 0 Å². The lowest BCUT2D eigenvalue weighted by molar-refractivity contribution is 0.0941. The number of aryl methyl sites for hydroxylation is 1. The minimum Gasteiger partial charge on any atom is -0.473 e. The molecule has 0 saturated heterocycles. The van der Waals surface area contributed by atoms with E-state index in [9.17, 15) is 4.79 Å². The Bertz CT molecular complexity index is 1150. The fourth-order valence-electron chi connectivity index (χ4n) is 3.35. The Labute approximate surface area is 176 Å². The minimum atomic E-state index is -0.148. The number of nitrogens with one attached hydrogen (secondary N) is 1. The largest absolute Gasteiger partial charge is 0.473 e. The number of carbonyl (C=O) groups excluding carboxylic acids is 1. The molecule has 0 fully saturated rings. The van der Waals surface area contributed by atoms with Gasteiger partial charge in [0.25, 0.3) is 5.91 Å². The van der Waals surface area contributed by atoms with Crippen LogP contribution in [0.5, 0.6) is 5.88 Å². The number of fused-ring (bicyclic) bond motifs is 1. The lowest BCUT2D eigenvalue weighted by Crippen LogP contribution is -2.27. The molecule has 4 aromatic rings. The van der Waals surface area contributed by atoms with Gasteiger partial charge in [-0.1, -0.05) is 78.4 Å². The quantitative estimate of drug-likeness (QED) is 0.461. The van der Waals surface area contributed by atoms with Crippen LogP contribution in [0.2, 0.25) is 0 Å². The Kier molecular flexibility index (Phi) is 5.75. The van der Waals surface area contributed by atoms with E-state index in [1.807, 2.05) is 73.7 Å². The highest BCUT2D eigenvalue weighted by Gasteiger charge is 2.16. The molecule has 0 aliphatic carbocycles. The molecule has 1 atom stereocenters. The van der Waals surface area contributed by atoms with Gasteiger partial charge in [0, 0.05) is 11.5 Å². The predicted molar refractivity (Wildman–Crippen MR) is 120 cm³/mol. The lowest BCUT2D eigenvalue weighted by Gasteiger charge is -2.16. The van der Waals surface area contributed by atoms with Crippen LogP contribution in [0.4, 0.5) is 0 Å². The van der Waals surface area contributed by atoms with Gasteiger partial charge in [0.05, 0.1) is 17.1 Å². The van der Waals surface area contributed by atoms with E-state index in [-0.39, 0.29) is 11.9 Å². The summed E-state index contributed by atoms with van der Waals surface area (Å²) in [7, 11) is 0. The van der Waals surface area contributed by atoms with Crippen molar-refractivity contribution in [3.63, 3.8) is 0 Å². The predicted octanol–water partition coefficient (Wildman–Crippen LogP) is 5.61. The molecule has 1 amide bonds. The van der Waals surface area contributed by atoms with Gasteiger partial charge in [0.2, 0.25) is 5.88 Å². The molecule has 30 heavy (non-hydrogen) atoms. The van der Waals surface area contributed by atoms with Crippen LogP contribution in [-0.4, -0.2) is 10.9 Å². The topological polar surface area (TPSA) is 51.2 Å². The zero-order valence-electron chi connectivity index (χ0n) is 17.1. The number of benzene rings is 3. The van der Waals surface area contributed by atoms with Gasteiger partial charge < -0.3 is 10.1 Å². The van der Waals surface area contributed by atoms with Crippen LogP contribution in [0.15, 0.2) is 84.9 Å². The zero-order chi connectivity index (χ0) is 20.9. The molecule has 0 spiro atoms. The summed E-state index contributed by atoms with van der Waals surface area (Å²) in [6, 6.07) is 27.3. The Morgan fingerprint density at radius 3 is 2.43 bits per heavy atom. The van der Waals surface area contributed by atoms with Gasteiger partial charge in [0.15, 0.2) is 0 Å². The molecule has 0 unspecified atom stereocenters. The van der Waals surface area contributed by atoms with E-state index in [0.717, 1.165) is 22.0 Å². The van der Waals surface area contributed by atoms with E-state index in [1.165, 1.54) is 5.56 Å². The number of ether oxygens (including phenoxy) is 1. The van der Waals surface area contributed by atoms with Crippen molar-refractivity contribution in [2.45, 2.75) is 26.5 Å². The van der Waals surface area contributed by atoms with Gasteiger partial charge in [-0.25, -0.2) is 4.98 Å². The second-order valence-corrected chi connectivity index (χ2v) is 7.41. The molecule has 0 bridgehead atoms. The Morgan fingerprint density at radius 1 is 0.967 bits per heavy atom. The molecule has 150 valence electrons. The van der Waals surface area contributed by atoms with Crippen LogP contribution in [-0.2, 0) is 6.61 Å². The van der Waals surface area contributed by atoms with Crippen LogP contribution in [0.25, 0.3) is 10.9 Å². The van der Waals surface area contributed by atoms with Crippen molar-refractivity contribution in [1.29, 1.82) is 0 Å². The van der Waals surface area contributed by atoms with E-state index in [2.05, 4.69) is 29.4 Å². The molecular weight excluding hydrogens is 372 g/mol. The van der Waals surface area contributed by atoms with E-state index >= 15 is 0 Å². The van der Waals surface area contributed by atoms with Gasteiger partial charge in [-0.3, -0.25) is 4.79 Å². The van der Waals surface area contributed by atoms with Crippen molar-refractivity contribution in [3.8, 4) is 5.88 Å². The number of aromatic nitrogens is 1. The maximum atomic E-state index is 13.1. The summed E-state index contributed by atoms with van der Waals surface area (Å²) in [5, 5.41) is 3.89. The first-order valence-corrected chi connectivity index (χ1v) is 10.0. The Hall–Kier alpha value is -3.66. The van der Waals surface area contributed by atoms with Crippen molar-refractivity contribution in [2.75, 3.05) is 0 Å². The number of para-hydroxylation sites is 1. The first-order chi connectivity index (χ1) is 14.6. The molecule has 0 aliphatic rings. The number of hydrogen-bond acceptors (Lipinski definition) is 3. The smallest absolute Gasteiger partial charge is 0.252 e. The Balaban J connectivity index is 1.59. The standard InChI is InChI=1S/C26H24N2O2/c1-18-12-14-20(15-13-18)17-30-25-16-23(22-10-6-7-11-24(22)28-25)26(29)27-19(2)21-8-4-3-5-9-21/h3-16,19H,17H2,1-2H3,(H,27,29)/t19-/m0/s1. The Morgan fingerprint density at radius 2 is 1.67 bits per heavy atom. The van der Waals surface area contributed by atoms with Gasteiger partial charge in [0.1, 0.15) is 6.61 Å².